The monoisotopic (exact) mass is 167 g/mol. The topological polar surface area (TPSA) is 4.44 Å². The number of piperidine rings is 1. The third kappa shape index (κ3) is 0.891. The van der Waals surface area contributed by atoms with Crippen LogP contribution < -0.4 is 4.90 Å². The molecule has 1 aliphatic carbocycles. The van der Waals surface area contributed by atoms with Crippen LogP contribution in [0.25, 0.3) is 0 Å². The van der Waals surface area contributed by atoms with E-state index in [0.29, 0.717) is 10.8 Å². The molecule has 12 heavy (non-hydrogen) atoms. The summed E-state index contributed by atoms with van der Waals surface area (Å²) < 4.78 is 0. The molecule has 0 aromatic rings. The van der Waals surface area contributed by atoms with Gasteiger partial charge in [0.1, 0.15) is 0 Å². The van der Waals surface area contributed by atoms with Crippen LogP contribution in [0, 0.1) is 23.8 Å². The zero-order valence-corrected chi connectivity index (χ0v) is 8.61. The Morgan fingerprint density at radius 2 is 2.00 bits per heavy atom. The summed E-state index contributed by atoms with van der Waals surface area (Å²) in [5.74, 6) is 0.920. The fraction of sp³-hybridized carbons (Fsp3) is 0.909. The van der Waals surface area contributed by atoms with Crippen molar-refractivity contribution in [1.29, 1.82) is 0 Å². The summed E-state index contributed by atoms with van der Waals surface area (Å²) >= 11 is 0. The Labute approximate surface area is 76.1 Å². The highest BCUT2D eigenvalue weighted by Gasteiger charge is 2.55. The maximum Gasteiger partial charge on any atom is 0.0590 e. The van der Waals surface area contributed by atoms with E-state index in [1.807, 2.05) is 0 Å². The number of nitrogens with one attached hydrogen (secondary N) is 1. The van der Waals surface area contributed by atoms with E-state index in [4.69, 9.17) is 0 Å². The average molecular weight is 167 g/mol. The molecule has 2 bridgehead atoms. The second-order valence-electron chi connectivity index (χ2n) is 5.65. The summed E-state index contributed by atoms with van der Waals surface area (Å²) in [4.78, 5) is 1.50. The van der Waals surface area contributed by atoms with Crippen LogP contribution in [-0.2, 0) is 0 Å². The Balaban J connectivity index is 2.31. The highest BCUT2D eigenvalue weighted by molar-refractivity contribution is 5.01. The summed E-state index contributed by atoms with van der Waals surface area (Å²) in [6.45, 7) is 9.94. The van der Waals surface area contributed by atoms with Gasteiger partial charge in [-0.25, -0.2) is 0 Å². The Morgan fingerprint density at radius 3 is 2.58 bits per heavy atom. The third-order valence-corrected chi connectivity index (χ3v) is 4.80. The Hall–Kier alpha value is -0.0400. The van der Waals surface area contributed by atoms with Gasteiger partial charge in [0.25, 0.3) is 0 Å². The minimum Gasteiger partial charge on any atom is -0.467 e. The summed E-state index contributed by atoms with van der Waals surface area (Å²) in [5, 5.41) is 0. The van der Waals surface area contributed by atoms with Crippen LogP contribution in [-0.4, -0.2) is 13.1 Å². The molecule has 2 rings (SSSR count). The Morgan fingerprint density at radius 1 is 1.33 bits per heavy atom. The van der Waals surface area contributed by atoms with E-state index < -0.39 is 0 Å². The van der Waals surface area contributed by atoms with Crippen LogP contribution in [0.3, 0.4) is 0 Å². The second-order valence-corrected chi connectivity index (χ2v) is 5.65. The van der Waals surface area contributed by atoms with Crippen molar-refractivity contribution < 1.29 is 4.90 Å². The van der Waals surface area contributed by atoms with E-state index in [0.717, 1.165) is 5.92 Å². The average Bonchev–Trinajstić information content (AvgIpc) is 2.16. The summed E-state index contributed by atoms with van der Waals surface area (Å²) in [6, 6.07) is 0. The van der Waals surface area contributed by atoms with Gasteiger partial charge in [0.2, 0.25) is 0 Å². The van der Waals surface area contributed by atoms with Crippen LogP contribution in [0.15, 0.2) is 0 Å². The molecule has 3 atom stereocenters. The smallest absolute Gasteiger partial charge is 0.0590 e. The van der Waals surface area contributed by atoms with E-state index in [2.05, 4.69) is 27.8 Å². The molecule has 2 aliphatic rings. The largest absolute Gasteiger partial charge is 0.467 e. The van der Waals surface area contributed by atoms with Crippen molar-refractivity contribution in [3.8, 4) is 0 Å². The summed E-state index contributed by atoms with van der Waals surface area (Å²) in [6.07, 6.45) is 2.85. The quantitative estimate of drug-likeness (QED) is 0.516. The van der Waals surface area contributed by atoms with Gasteiger partial charge in [-0.3, -0.25) is 0 Å². The number of fused-ring (bicyclic) bond motifs is 2. The molecule has 1 heterocycles. The second kappa shape index (κ2) is 2.25. The van der Waals surface area contributed by atoms with E-state index in [9.17, 15) is 0 Å². The predicted molar refractivity (Wildman–Crippen MR) is 50.7 cm³/mol. The molecule has 1 aliphatic heterocycles. The lowest BCUT2D eigenvalue weighted by atomic mass is 9.63. The van der Waals surface area contributed by atoms with Crippen LogP contribution in [0.5, 0.6) is 0 Å². The first kappa shape index (κ1) is 8.55. The van der Waals surface area contributed by atoms with Crippen LogP contribution in [0.1, 0.15) is 33.6 Å². The van der Waals surface area contributed by atoms with E-state index in [-0.39, 0.29) is 0 Å². The molecule has 0 spiro atoms. The van der Waals surface area contributed by atoms with Crippen molar-refractivity contribution in [2.45, 2.75) is 33.6 Å². The lowest BCUT2D eigenvalue weighted by Gasteiger charge is -2.49. The van der Waals surface area contributed by atoms with Crippen molar-refractivity contribution in [3.05, 3.63) is 7.05 Å². The maximum absolute atomic E-state index is 4.17. The van der Waals surface area contributed by atoms with Gasteiger partial charge < -0.3 is 4.90 Å². The highest BCUT2D eigenvalue weighted by Crippen LogP contribution is 2.56. The van der Waals surface area contributed by atoms with Gasteiger partial charge in [0.05, 0.1) is 13.1 Å². The molecule has 0 radical (unpaired) electrons. The minimum absolute atomic E-state index is 0.562. The molecule has 3 unspecified atom stereocenters. The maximum atomic E-state index is 4.17. The van der Waals surface area contributed by atoms with E-state index >= 15 is 0 Å². The molecule has 0 aromatic heterocycles. The number of rotatable bonds is 0. The van der Waals surface area contributed by atoms with Gasteiger partial charge in [0, 0.05) is 11.3 Å². The van der Waals surface area contributed by atoms with Crippen molar-refractivity contribution in [3.63, 3.8) is 0 Å². The van der Waals surface area contributed by atoms with Gasteiger partial charge in [-0.1, -0.05) is 20.8 Å². The molecule has 1 N–H and O–H groups in total. The van der Waals surface area contributed by atoms with E-state index in [1.54, 1.807) is 0 Å². The molecule has 2 fully saturated rings. The molecule has 1 saturated heterocycles. The fourth-order valence-corrected chi connectivity index (χ4v) is 3.31. The highest BCUT2D eigenvalue weighted by atomic mass is 15.1. The van der Waals surface area contributed by atoms with Crippen molar-refractivity contribution in [1.82, 2.24) is 0 Å². The van der Waals surface area contributed by atoms with Gasteiger partial charge >= 0.3 is 0 Å². The minimum atomic E-state index is 0.562. The molecule has 0 aromatic carbocycles. The zero-order valence-electron chi connectivity index (χ0n) is 8.61. The standard InChI is InChI=1S/C11H21N/c1-10(2)9-5-6-11(10,3)8-12(4)7-9/h9,12H,4-8H2,1-3H3. The first-order valence-corrected chi connectivity index (χ1v) is 5.12. The fourth-order valence-electron chi connectivity index (χ4n) is 3.31. The van der Waals surface area contributed by atoms with Crippen molar-refractivity contribution >= 4 is 0 Å². The molecular formula is C11H21N. The van der Waals surface area contributed by atoms with Gasteiger partial charge in [-0.2, -0.15) is 7.05 Å². The summed E-state index contributed by atoms with van der Waals surface area (Å²) in [5.41, 5.74) is 1.13. The zero-order chi connectivity index (χ0) is 8.98. The van der Waals surface area contributed by atoms with Crippen LogP contribution in [0.4, 0.5) is 0 Å². The molecule has 70 valence electrons. The number of hydrogen-bond donors (Lipinski definition) is 1. The first-order valence-electron chi connectivity index (χ1n) is 5.12. The van der Waals surface area contributed by atoms with Gasteiger partial charge in [-0.05, 0) is 18.3 Å². The molecular weight excluding hydrogens is 146 g/mol. The normalized spacial score (nSPS) is 51.0. The molecule has 1 nitrogen and oxygen atoms in total. The van der Waals surface area contributed by atoms with E-state index in [1.165, 1.54) is 30.8 Å². The number of hydrogen-bond acceptors (Lipinski definition) is 0. The van der Waals surface area contributed by atoms with Crippen LogP contribution >= 0.6 is 0 Å². The van der Waals surface area contributed by atoms with Gasteiger partial charge in [0.15, 0.2) is 0 Å². The third-order valence-electron chi connectivity index (χ3n) is 4.80. The number of quaternary nitrogens is 1. The van der Waals surface area contributed by atoms with Gasteiger partial charge in [-0.15, -0.1) is 0 Å². The first-order chi connectivity index (χ1) is 5.46. The molecule has 1 saturated carbocycles. The molecule has 1 heteroatoms. The Kier molecular flexibility index (Phi) is 1.61. The molecule has 0 amide bonds. The predicted octanol–water partition coefficient (Wildman–Crippen LogP) is 1.12. The summed E-state index contributed by atoms with van der Waals surface area (Å²) in [7, 11) is 4.17. The van der Waals surface area contributed by atoms with Crippen molar-refractivity contribution in [2.75, 3.05) is 13.1 Å². The lowest BCUT2D eigenvalue weighted by molar-refractivity contribution is -0.873. The SMILES string of the molecule is [CH2-][NH+]1CC2CCC(C)(C1)C2(C)C. The lowest BCUT2D eigenvalue weighted by Crippen LogP contribution is -3.10. The van der Waals surface area contributed by atoms with Crippen molar-refractivity contribution in [2.24, 2.45) is 16.7 Å². The number of likely N-dealkylation sites (tertiary alicyclic amines) is 1. The van der Waals surface area contributed by atoms with Crippen LogP contribution in [0.2, 0.25) is 0 Å². The Bertz CT molecular complexity index is 197.